The second-order valence-corrected chi connectivity index (χ2v) is 7.90. The van der Waals surface area contributed by atoms with Crippen LogP contribution in [0.5, 0.6) is 5.75 Å². The number of carboxylic acid groups (broad SMARTS) is 1. The van der Waals surface area contributed by atoms with Crippen molar-refractivity contribution in [2.45, 2.75) is 18.6 Å². The Morgan fingerprint density at radius 1 is 1.00 bits per heavy atom. The lowest BCUT2D eigenvalue weighted by Gasteiger charge is -2.14. The van der Waals surface area contributed by atoms with Crippen LogP contribution < -0.4 is 15.8 Å². The summed E-state index contributed by atoms with van der Waals surface area (Å²) in [6.45, 7) is 0. The summed E-state index contributed by atoms with van der Waals surface area (Å²) in [5.74, 6) is -8.36. The molecule has 3 aromatic rings. The number of furan rings is 1. The van der Waals surface area contributed by atoms with Gasteiger partial charge in [-0.1, -0.05) is 12.1 Å². The number of carbonyl (C=O) groups excluding carboxylic acids is 4. The summed E-state index contributed by atoms with van der Waals surface area (Å²) >= 11 is 0. The number of rotatable bonds is 9. The summed E-state index contributed by atoms with van der Waals surface area (Å²) in [6.07, 6.45) is -6.73. The lowest BCUT2D eigenvalue weighted by atomic mass is 10.1. The first-order chi connectivity index (χ1) is 18.7. The van der Waals surface area contributed by atoms with E-state index in [0.29, 0.717) is 5.56 Å². The Kier molecular flexibility index (Phi) is 8.68. The van der Waals surface area contributed by atoms with E-state index in [1.165, 1.54) is 60.7 Å². The van der Waals surface area contributed by atoms with Gasteiger partial charge in [0.15, 0.2) is 0 Å². The molecule has 0 fully saturated rings. The highest BCUT2D eigenvalue weighted by molar-refractivity contribution is 5.99. The summed E-state index contributed by atoms with van der Waals surface area (Å²) in [5, 5.41) is 18.6. The van der Waals surface area contributed by atoms with E-state index in [9.17, 15) is 42.3 Å². The van der Waals surface area contributed by atoms with Crippen molar-refractivity contribution in [1.29, 1.82) is 5.41 Å². The second kappa shape index (κ2) is 11.9. The molecule has 0 spiro atoms. The molecule has 0 radical (unpaired) electrons. The van der Waals surface area contributed by atoms with Gasteiger partial charge in [0.1, 0.15) is 23.4 Å². The number of amides is 1. The zero-order valence-electron chi connectivity index (χ0n) is 20.0. The van der Waals surface area contributed by atoms with Crippen LogP contribution in [0.3, 0.4) is 0 Å². The van der Waals surface area contributed by atoms with E-state index in [2.05, 4.69) is 4.74 Å². The van der Waals surface area contributed by atoms with Crippen molar-refractivity contribution in [1.82, 2.24) is 5.32 Å². The van der Waals surface area contributed by atoms with E-state index < -0.39 is 48.4 Å². The molecule has 0 aliphatic carbocycles. The molecule has 2 aromatic carbocycles. The maximum atomic E-state index is 12.6. The smallest absolute Gasteiger partial charge is 0.480 e. The summed E-state index contributed by atoms with van der Waals surface area (Å²) in [5.41, 5.74) is 5.95. The number of halogens is 3. The highest BCUT2D eigenvalue weighted by Gasteiger charge is 2.43. The standard InChI is InChI=1S/C25H18F3N3O9/c26-25(27,28)24(37)40-19(32)11-16(22(34)35)31-21(33)14-3-1-2-13(10-14)17-8-9-18(39-17)23(36)38-15-6-4-12(5-7-15)20(29)30/h1-10,16H,11H2,(H3,29,30)(H,31,33)(H,34,35)/t16-/m0/s1. The SMILES string of the molecule is N=C(N)c1ccc(OC(=O)c2ccc(-c3cccc(C(=O)N[C@@H](CC(=O)OC(=O)C(F)(F)F)C(=O)O)c3)o2)cc1. The van der Waals surface area contributed by atoms with Crippen LogP contribution in [-0.2, 0) is 19.1 Å². The molecule has 208 valence electrons. The van der Waals surface area contributed by atoms with E-state index in [4.69, 9.17) is 20.3 Å². The third-order valence-electron chi connectivity index (χ3n) is 5.00. The Hall–Kier alpha value is -5.47. The molecule has 0 aliphatic heterocycles. The van der Waals surface area contributed by atoms with Gasteiger partial charge in [-0.15, -0.1) is 0 Å². The Balaban J connectivity index is 1.68. The first-order valence-corrected chi connectivity index (χ1v) is 11.0. The number of carboxylic acids is 1. The van der Waals surface area contributed by atoms with Gasteiger partial charge < -0.3 is 30.0 Å². The number of esters is 3. The molecule has 1 atom stereocenters. The lowest BCUT2D eigenvalue weighted by molar-refractivity contribution is -0.202. The van der Waals surface area contributed by atoms with Crippen LogP contribution >= 0.6 is 0 Å². The molecule has 40 heavy (non-hydrogen) atoms. The quantitative estimate of drug-likeness (QED) is 0.0990. The fraction of sp³-hybridized carbons (Fsp3) is 0.120. The van der Waals surface area contributed by atoms with Crippen molar-refractivity contribution in [2.75, 3.05) is 0 Å². The Bertz CT molecular complexity index is 1480. The fourth-order valence-corrected chi connectivity index (χ4v) is 3.09. The van der Waals surface area contributed by atoms with Gasteiger partial charge in [-0.3, -0.25) is 15.0 Å². The van der Waals surface area contributed by atoms with Crippen LogP contribution in [0.15, 0.2) is 65.1 Å². The minimum absolute atomic E-state index is 0.123. The number of aliphatic carboxylic acids is 1. The van der Waals surface area contributed by atoms with Gasteiger partial charge in [0, 0.05) is 16.7 Å². The van der Waals surface area contributed by atoms with Crippen molar-refractivity contribution < 1.29 is 56.1 Å². The Morgan fingerprint density at radius 3 is 2.27 bits per heavy atom. The molecule has 1 aromatic heterocycles. The van der Waals surface area contributed by atoms with Gasteiger partial charge in [-0.05, 0) is 48.5 Å². The van der Waals surface area contributed by atoms with E-state index in [1.807, 2.05) is 5.32 Å². The monoisotopic (exact) mass is 561 g/mol. The largest absolute Gasteiger partial charge is 0.491 e. The number of alkyl halides is 3. The number of benzene rings is 2. The topological polar surface area (TPSA) is 199 Å². The van der Waals surface area contributed by atoms with Gasteiger partial charge in [-0.2, -0.15) is 13.2 Å². The maximum absolute atomic E-state index is 12.6. The van der Waals surface area contributed by atoms with Gasteiger partial charge in [0.2, 0.25) is 5.76 Å². The minimum atomic E-state index is -5.47. The highest BCUT2D eigenvalue weighted by Crippen LogP contribution is 2.24. The molecule has 15 heteroatoms. The summed E-state index contributed by atoms with van der Waals surface area (Å²) < 4.78 is 51.0. The molecule has 1 heterocycles. The Labute approximate surface area is 222 Å². The van der Waals surface area contributed by atoms with Crippen LogP contribution in [0.4, 0.5) is 13.2 Å². The average Bonchev–Trinajstić information content (AvgIpc) is 3.38. The number of nitrogen functional groups attached to an aromatic ring is 1. The number of hydrogen-bond donors (Lipinski definition) is 4. The van der Waals surface area contributed by atoms with Gasteiger partial charge in [0.05, 0.1) is 6.42 Å². The van der Waals surface area contributed by atoms with Crippen molar-refractivity contribution in [3.05, 3.63) is 77.6 Å². The number of nitrogens with one attached hydrogen (secondary N) is 2. The normalized spacial score (nSPS) is 11.7. The number of ether oxygens (including phenoxy) is 2. The molecule has 0 unspecified atom stereocenters. The van der Waals surface area contributed by atoms with Gasteiger partial charge in [0.25, 0.3) is 5.91 Å². The zero-order chi connectivity index (χ0) is 29.6. The first kappa shape index (κ1) is 29.1. The zero-order valence-corrected chi connectivity index (χ0v) is 20.0. The van der Waals surface area contributed by atoms with Crippen LogP contribution in [-0.4, -0.2) is 52.9 Å². The molecule has 1 amide bonds. The highest BCUT2D eigenvalue weighted by atomic mass is 19.4. The number of nitrogens with two attached hydrogens (primary N) is 1. The van der Waals surface area contributed by atoms with E-state index in [0.717, 1.165) is 0 Å². The molecule has 12 nitrogen and oxygen atoms in total. The van der Waals surface area contributed by atoms with Crippen molar-refractivity contribution in [3.8, 4) is 17.1 Å². The first-order valence-electron chi connectivity index (χ1n) is 11.0. The average molecular weight is 561 g/mol. The lowest BCUT2D eigenvalue weighted by Crippen LogP contribution is -2.43. The summed E-state index contributed by atoms with van der Waals surface area (Å²) in [7, 11) is 0. The molecular formula is C25H18F3N3O9. The number of hydrogen-bond acceptors (Lipinski definition) is 9. The molecule has 5 N–H and O–H groups in total. The fourth-order valence-electron chi connectivity index (χ4n) is 3.09. The van der Waals surface area contributed by atoms with E-state index >= 15 is 0 Å². The number of amidine groups is 1. The van der Waals surface area contributed by atoms with Crippen LogP contribution in [0.1, 0.15) is 32.9 Å². The predicted octanol–water partition coefficient (Wildman–Crippen LogP) is 2.66. The van der Waals surface area contributed by atoms with Crippen molar-refractivity contribution >= 4 is 35.6 Å². The van der Waals surface area contributed by atoms with Gasteiger partial charge in [-0.25, -0.2) is 14.4 Å². The third kappa shape index (κ3) is 7.53. The third-order valence-corrected chi connectivity index (χ3v) is 5.00. The van der Waals surface area contributed by atoms with E-state index in [1.54, 1.807) is 0 Å². The maximum Gasteiger partial charge on any atom is 0.491 e. The number of carbonyl (C=O) groups is 5. The molecule has 0 bridgehead atoms. The van der Waals surface area contributed by atoms with Crippen LogP contribution in [0.2, 0.25) is 0 Å². The predicted molar refractivity (Wildman–Crippen MR) is 127 cm³/mol. The molecule has 0 aliphatic rings. The Morgan fingerprint density at radius 2 is 1.68 bits per heavy atom. The summed E-state index contributed by atoms with van der Waals surface area (Å²) in [4.78, 5) is 58.8. The molecular weight excluding hydrogens is 543 g/mol. The molecule has 0 saturated heterocycles. The van der Waals surface area contributed by atoms with E-state index in [-0.39, 0.29) is 34.2 Å². The second-order valence-electron chi connectivity index (χ2n) is 7.90. The van der Waals surface area contributed by atoms with Gasteiger partial charge >= 0.3 is 30.1 Å². The molecule has 0 saturated carbocycles. The summed E-state index contributed by atoms with van der Waals surface area (Å²) in [6, 6.07) is 11.9. The minimum Gasteiger partial charge on any atom is -0.480 e. The van der Waals surface area contributed by atoms with Crippen LogP contribution in [0.25, 0.3) is 11.3 Å². The van der Waals surface area contributed by atoms with Crippen LogP contribution in [0, 0.1) is 5.41 Å². The van der Waals surface area contributed by atoms with Crippen molar-refractivity contribution in [3.63, 3.8) is 0 Å². The molecule has 3 rings (SSSR count). The van der Waals surface area contributed by atoms with Crippen molar-refractivity contribution in [2.24, 2.45) is 5.73 Å².